The van der Waals surface area contributed by atoms with Gasteiger partial charge in [-0.15, -0.1) is 0 Å². The van der Waals surface area contributed by atoms with Gasteiger partial charge in [0.25, 0.3) is 5.91 Å². The second kappa shape index (κ2) is 12.4. The molecule has 2 aromatic carbocycles. The molecule has 1 N–H and O–H groups in total. The summed E-state index contributed by atoms with van der Waals surface area (Å²) in [6.07, 6.45) is -7.62. The lowest BCUT2D eigenvalue weighted by atomic mass is 9.78. The van der Waals surface area contributed by atoms with Gasteiger partial charge in [-0.05, 0) is 67.3 Å². The van der Waals surface area contributed by atoms with Gasteiger partial charge in [0.05, 0.1) is 22.7 Å². The first-order chi connectivity index (χ1) is 20.5. The highest BCUT2D eigenvalue weighted by molar-refractivity contribution is 5.93. The third kappa shape index (κ3) is 7.29. The maximum Gasteiger partial charge on any atom is 0.416 e. The van der Waals surface area contributed by atoms with Crippen LogP contribution in [0.3, 0.4) is 0 Å². The first kappa shape index (κ1) is 32.7. The number of alkyl halides is 6. The van der Waals surface area contributed by atoms with Crippen LogP contribution in [0, 0.1) is 23.9 Å². The normalized spacial score (nSPS) is 18.5. The van der Waals surface area contributed by atoms with Crippen molar-refractivity contribution in [3.05, 3.63) is 105 Å². The largest absolute Gasteiger partial charge is 0.619 e. The Balaban J connectivity index is 1.63. The maximum absolute atomic E-state index is 14.0. The second-order valence-corrected chi connectivity index (χ2v) is 10.8. The number of amides is 2. The van der Waals surface area contributed by atoms with Gasteiger partial charge >= 0.3 is 12.4 Å². The molecule has 2 amide bonds. The van der Waals surface area contributed by atoms with Crippen molar-refractivity contribution >= 4 is 11.8 Å². The Labute approximate surface area is 248 Å². The minimum Gasteiger partial charge on any atom is -0.619 e. The molecule has 2 heterocycles. The molecule has 1 fully saturated rings. The van der Waals surface area contributed by atoms with Crippen LogP contribution in [0.1, 0.15) is 63.5 Å². The third-order valence-electron chi connectivity index (χ3n) is 7.91. The van der Waals surface area contributed by atoms with E-state index in [1.165, 1.54) is 44.3 Å². The molecule has 0 unspecified atom stereocenters. The highest BCUT2D eigenvalue weighted by Gasteiger charge is 2.41. The van der Waals surface area contributed by atoms with E-state index in [9.17, 15) is 45.5 Å². The van der Waals surface area contributed by atoms with Gasteiger partial charge in [-0.3, -0.25) is 15.0 Å². The molecule has 0 spiro atoms. The van der Waals surface area contributed by atoms with Gasteiger partial charge in [0.2, 0.25) is 5.91 Å². The Morgan fingerprint density at radius 3 is 2.14 bits per heavy atom. The fraction of sp³-hybridized carbons (Fsp3) is 0.367. The number of aromatic nitrogens is 1. The first-order valence-electron chi connectivity index (χ1n) is 13.5. The van der Waals surface area contributed by atoms with E-state index in [-0.39, 0.29) is 36.7 Å². The SMILES string of the molecule is Cc1cc(F)ccc1[C@H]1CN(NC(=O)c2cc[n+]([O-])cc2)CC[C@@H]1C(=O)N(C)[C@H](C)c1cc(C(F)(F)F)cc(C(F)(F)F)c1. The van der Waals surface area contributed by atoms with Crippen LogP contribution < -0.4 is 10.2 Å². The van der Waals surface area contributed by atoms with Crippen molar-refractivity contribution in [2.75, 3.05) is 20.1 Å². The van der Waals surface area contributed by atoms with E-state index in [1.807, 2.05) is 0 Å². The lowest BCUT2D eigenvalue weighted by molar-refractivity contribution is -0.605. The highest BCUT2D eigenvalue weighted by Crippen LogP contribution is 2.40. The van der Waals surface area contributed by atoms with Crippen molar-refractivity contribution in [1.82, 2.24) is 15.3 Å². The number of benzene rings is 2. The molecule has 0 aliphatic carbocycles. The second-order valence-electron chi connectivity index (χ2n) is 10.8. The number of nitrogens with zero attached hydrogens (tertiary/aromatic N) is 3. The molecule has 1 aromatic heterocycles. The molecule has 3 aromatic rings. The van der Waals surface area contributed by atoms with Crippen LogP contribution in [0.2, 0.25) is 0 Å². The fourth-order valence-electron chi connectivity index (χ4n) is 5.39. The van der Waals surface area contributed by atoms with E-state index in [0.717, 1.165) is 17.3 Å². The summed E-state index contributed by atoms with van der Waals surface area (Å²) in [5.41, 5.74) is 0.743. The number of hydrogen-bond donors (Lipinski definition) is 1. The topological polar surface area (TPSA) is 79.6 Å². The molecule has 3 atom stereocenters. The molecule has 0 radical (unpaired) electrons. The zero-order chi connectivity index (χ0) is 32.6. The summed E-state index contributed by atoms with van der Waals surface area (Å²) in [7, 11) is 1.31. The minimum atomic E-state index is -5.05. The molecule has 1 aliphatic heterocycles. The predicted octanol–water partition coefficient (Wildman–Crippen LogP) is 5.78. The van der Waals surface area contributed by atoms with E-state index < -0.39 is 59.0 Å². The molecule has 236 valence electrons. The van der Waals surface area contributed by atoms with Gasteiger partial charge < -0.3 is 10.1 Å². The van der Waals surface area contributed by atoms with E-state index in [1.54, 1.807) is 11.9 Å². The molecule has 1 aliphatic rings. The Hall–Kier alpha value is -4.20. The van der Waals surface area contributed by atoms with E-state index in [4.69, 9.17) is 0 Å². The molecular weight excluding hydrogens is 597 g/mol. The summed E-state index contributed by atoms with van der Waals surface area (Å²) < 4.78 is 95.4. The number of carbonyl (C=O) groups is 2. The van der Waals surface area contributed by atoms with Gasteiger partial charge in [0.1, 0.15) is 5.82 Å². The fourth-order valence-corrected chi connectivity index (χ4v) is 5.39. The first-order valence-corrected chi connectivity index (χ1v) is 13.5. The minimum absolute atomic E-state index is 0.0310. The highest BCUT2D eigenvalue weighted by atomic mass is 19.4. The molecule has 44 heavy (non-hydrogen) atoms. The predicted molar refractivity (Wildman–Crippen MR) is 144 cm³/mol. The average molecular weight is 627 g/mol. The van der Waals surface area contributed by atoms with Crippen LogP contribution in [0.15, 0.2) is 60.9 Å². The number of nitrogens with one attached hydrogen (secondary N) is 1. The van der Waals surface area contributed by atoms with Crippen LogP contribution in [-0.4, -0.2) is 41.9 Å². The number of rotatable bonds is 6. The molecule has 1 saturated heterocycles. The quantitative estimate of drug-likeness (QED) is 0.214. The Bertz CT molecular complexity index is 1490. The zero-order valence-electron chi connectivity index (χ0n) is 23.8. The molecule has 0 saturated carbocycles. The van der Waals surface area contributed by atoms with Gasteiger partial charge in [-0.25, -0.2) is 9.40 Å². The van der Waals surface area contributed by atoms with Crippen LogP contribution in [-0.2, 0) is 17.1 Å². The van der Waals surface area contributed by atoms with Crippen molar-refractivity contribution in [1.29, 1.82) is 0 Å². The number of halogens is 7. The number of piperidine rings is 1. The standard InChI is InChI=1S/C30H29F7N4O3/c1-17-12-23(31)4-5-24(17)26-16-40(38-27(42)19-6-10-41(44)11-7-19)9-8-25(26)28(43)39(3)18(2)20-13-21(29(32,33)34)15-22(14-20)30(35,36)37/h4-7,10-15,18,25-26H,8-9,16H2,1-3H3,(H,38,42)/t18-,25+,26-/m1/s1. The van der Waals surface area contributed by atoms with Gasteiger partial charge in [0, 0.05) is 44.1 Å². The van der Waals surface area contributed by atoms with Crippen molar-refractivity contribution in [3.63, 3.8) is 0 Å². The summed E-state index contributed by atoms with van der Waals surface area (Å²) in [5, 5.41) is 12.9. The van der Waals surface area contributed by atoms with Crippen LogP contribution in [0.4, 0.5) is 30.7 Å². The van der Waals surface area contributed by atoms with Gasteiger partial charge in [-0.2, -0.15) is 31.1 Å². The summed E-state index contributed by atoms with van der Waals surface area (Å²) in [4.78, 5) is 27.8. The number of hydrogen-bond acceptors (Lipinski definition) is 4. The van der Waals surface area contributed by atoms with Crippen LogP contribution >= 0.6 is 0 Å². The number of carbonyl (C=O) groups excluding carboxylic acids is 2. The van der Waals surface area contributed by atoms with Crippen molar-refractivity contribution in [2.45, 2.75) is 44.6 Å². The monoisotopic (exact) mass is 626 g/mol. The summed E-state index contributed by atoms with van der Waals surface area (Å²) in [5.74, 6) is -2.99. The molecule has 7 nitrogen and oxygen atoms in total. The van der Waals surface area contributed by atoms with Gasteiger partial charge in [0.15, 0.2) is 12.4 Å². The molecule has 0 bridgehead atoms. The molecule has 4 rings (SSSR count). The van der Waals surface area contributed by atoms with E-state index in [2.05, 4.69) is 5.43 Å². The Kier molecular flexibility index (Phi) is 9.24. The lowest BCUT2D eigenvalue weighted by Gasteiger charge is -2.41. The third-order valence-corrected chi connectivity index (χ3v) is 7.91. The van der Waals surface area contributed by atoms with Crippen molar-refractivity contribution in [3.8, 4) is 0 Å². The molecular formula is C30H29F7N4O3. The maximum atomic E-state index is 14.0. The Morgan fingerprint density at radius 1 is 1.00 bits per heavy atom. The summed E-state index contributed by atoms with van der Waals surface area (Å²) in [6, 6.07) is 6.73. The zero-order valence-corrected chi connectivity index (χ0v) is 23.8. The van der Waals surface area contributed by atoms with Crippen LogP contribution in [0.5, 0.6) is 0 Å². The van der Waals surface area contributed by atoms with Crippen LogP contribution in [0.25, 0.3) is 0 Å². The number of hydrazine groups is 1. The summed E-state index contributed by atoms with van der Waals surface area (Å²) >= 11 is 0. The number of aryl methyl sites for hydroxylation is 1. The van der Waals surface area contributed by atoms with Gasteiger partial charge in [-0.1, -0.05) is 6.07 Å². The average Bonchev–Trinajstić information content (AvgIpc) is 2.95. The van der Waals surface area contributed by atoms with Crippen molar-refractivity contribution < 1.29 is 45.1 Å². The smallest absolute Gasteiger partial charge is 0.416 e. The van der Waals surface area contributed by atoms with E-state index >= 15 is 0 Å². The van der Waals surface area contributed by atoms with Crippen molar-refractivity contribution in [2.24, 2.45) is 5.92 Å². The Morgan fingerprint density at radius 2 is 1.59 bits per heavy atom. The molecule has 14 heteroatoms. The summed E-state index contributed by atoms with van der Waals surface area (Å²) in [6.45, 7) is 3.25. The lowest BCUT2D eigenvalue weighted by Crippen LogP contribution is -2.52. The van der Waals surface area contributed by atoms with E-state index in [0.29, 0.717) is 28.0 Å². The number of pyridine rings is 1.